The Kier molecular flexibility index (Phi) is 4.83. The number of carbonyl (C=O) groups is 1. The molecule has 4 nitrogen and oxygen atoms in total. The van der Waals surface area contributed by atoms with E-state index in [2.05, 4.69) is 10.2 Å². The molecule has 2 saturated heterocycles. The number of benzene rings is 1. The van der Waals surface area contributed by atoms with Crippen LogP contribution in [0.5, 0.6) is 0 Å². The summed E-state index contributed by atoms with van der Waals surface area (Å²) in [5.41, 5.74) is 1.44. The lowest BCUT2D eigenvalue weighted by Gasteiger charge is -2.20. The number of likely N-dealkylation sites (tertiary alicyclic amines) is 1. The monoisotopic (exact) mass is 360 g/mol. The Morgan fingerprint density at radius 1 is 1.32 bits per heavy atom. The first-order valence-corrected chi connectivity index (χ1v) is 9.53. The molecule has 2 fully saturated rings. The first-order chi connectivity index (χ1) is 12.2. The number of fused-ring (bicyclic) bond motifs is 1. The van der Waals surface area contributed by atoms with Gasteiger partial charge >= 0.3 is 0 Å². The zero-order chi connectivity index (χ0) is 17.2. The quantitative estimate of drug-likeness (QED) is 0.892. The molecule has 0 bridgehead atoms. The van der Waals surface area contributed by atoms with Crippen molar-refractivity contribution in [3.63, 3.8) is 0 Å². The topological polar surface area (TPSA) is 41.6 Å². The van der Waals surface area contributed by atoms with Crippen molar-refractivity contribution in [2.45, 2.75) is 12.6 Å². The second kappa shape index (κ2) is 7.23. The lowest BCUT2D eigenvalue weighted by molar-refractivity contribution is 0.0903. The smallest absolute Gasteiger partial charge is 0.252 e. The summed E-state index contributed by atoms with van der Waals surface area (Å²) in [5.74, 6) is 0.540. The summed E-state index contributed by atoms with van der Waals surface area (Å²) in [6, 6.07) is 8.76. The van der Waals surface area contributed by atoms with Crippen LogP contribution in [0.1, 0.15) is 15.9 Å². The van der Waals surface area contributed by atoms with E-state index in [4.69, 9.17) is 4.74 Å². The molecule has 2 aliphatic rings. The number of carbonyl (C=O) groups excluding carboxylic acids is 1. The summed E-state index contributed by atoms with van der Waals surface area (Å²) in [6.45, 7) is 3.64. The van der Waals surface area contributed by atoms with Crippen molar-refractivity contribution in [2.24, 2.45) is 11.8 Å². The summed E-state index contributed by atoms with van der Waals surface area (Å²) in [4.78, 5) is 14.4. The summed E-state index contributed by atoms with van der Waals surface area (Å²) < 4.78 is 19.8. The van der Waals surface area contributed by atoms with Crippen molar-refractivity contribution in [3.8, 4) is 0 Å². The van der Waals surface area contributed by atoms with E-state index in [1.807, 2.05) is 29.0 Å². The molecule has 3 atom stereocenters. The predicted molar refractivity (Wildman–Crippen MR) is 95.0 cm³/mol. The van der Waals surface area contributed by atoms with Crippen molar-refractivity contribution in [2.75, 3.05) is 26.2 Å². The zero-order valence-corrected chi connectivity index (χ0v) is 14.7. The van der Waals surface area contributed by atoms with Crippen LogP contribution < -0.4 is 5.32 Å². The van der Waals surface area contributed by atoms with Crippen LogP contribution in [0, 0.1) is 17.7 Å². The minimum atomic E-state index is -0.153. The van der Waals surface area contributed by atoms with Gasteiger partial charge in [0.05, 0.1) is 12.7 Å². The summed E-state index contributed by atoms with van der Waals surface area (Å²) in [6.07, 6.45) is 0.190. The van der Waals surface area contributed by atoms with Gasteiger partial charge in [-0.1, -0.05) is 18.2 Å². The molecule has 1 N–H and O–H groups in total. The van der Waals surface area contributed by atoms with Crippen LogP contribution in [0.4, 0.5) is 4.39 Å². The second-order valence-electron chi connectivity index (χ2n) is 6.80. The molecule has 1 amide bonds. The van der Waals surface area contributed by atoms with Gasteiger partial charge in [0.15, 0.2) is 0 Å². The molecular formula is C19H21FN2O2S. The van der Waals surface area contributed by atoms with Gasteiger partial charge in [-0.15, -0.1) is 0 Å². The number of ether oxygens (including phenoxy) is 1. The highest BCUT2D eigenvalue weighted by molar-refractivity contribution is 7.08. The Morgan fingerprint density at radius 2 is 2.20 bits per heavy atom. The second-order valence-corrected chi connectivity index (χ2v) is 7.58. The van der Waals surface area contributed by atoms with Crippen LogP contribution in [-0.2, 0) is 11.3 Å². The molecule has 6 heteroatoms. The average Bonchev–Trinajstić information content (AvgIpc) is 3.32. The fourth-order valence-corrected chi connectivity index (χ4v) is 4.44. The number of nitrogens with one attached hydrogen (secondary N) is 1. The SMILES string of the molecule is O=C(NC[C@@H]1CO[C@H]2CN(Cc3ccccc3F)C[C@@H]12)c1ccsc1. The Morgan fingerprint density at radius 3 is 3.00 bits per heavy atom. The van der Waals surface area contributed by atoms with Crippen molar-refractivity contribution in [3.05, 3.63) is 58.0 Å². The highest BCUT2D eigenvalue weighted by Gasteiger charge is 2.43. The van der Waals surface area contributed by atoms with E-state index in [9.17, 15) is 9.18 Å². The first kappa shape index (κ1) is 16.7. The van der Waals surface area contributed by atoms with Gasteiger partial charge in [-0.05, 0) is 17.5 Å². The molecular weight excluding hydrogens is 339 g/mol. The van der Waals surface area contributed by atoms with Gasteiger partial charge in [0.1, 0.15) is 5.82 Å². The molecule has 0 spiro atoms. The fraction of sp³-hybridized carbons (Fsp3) is 0.421. The van der Waals surface area contributed by atoms with E-state index in [-0.39, 0.29) is 17.8 Å². The minimum absolute atomic E-state index is 0.0223. The number of hydrogen-bond donors (Lipinski definition) is 1. The number of hydrogen-bond acceptors (Lipinski definition) is 4. The fourth-order valence-electron chi connectivity index (χ4n) is 3.81. The van der Waals surface area contributed by atoms with Gasteiger partial charge in [0, 0.05) is 54.5 Å². The maximum absolute atomic E-state index is 13.8. The lowest BCUT2D eigenvalue weighted by Crippen LogP contribution is -2.34. The Balaban J connectivity index is 1.32. The van der Waals surface area contributed by atoms with Gasteiger partial charge < -0.3 is 10.1 Å². The van der Waals surface area contributed by atoms with Crippen molar-refractivity contribution < 1.29 is 13.9 Å². The van der Waals surface area contributed by atoms with E-state index in [1.165, 1.54) is 17.4 Å². The standard InChI is InChI=1S/C19H21FN2O2S/c20-17-4-2-1-3-13(17)8-22-9-16-15(11-24-18(16)10-22)7-21-19(23)14-5-6-25-12-14/h1-6,12,15-16,18H,7-11H2,(H,21,23)/t15-,16+,18+/m1/s1. The third kappa shape index (κ3) is 3.61. The Bertz CT molecular complexity index is 737. The molecule has 0 saturated carbocycles. The van der Waals surface area contributed by atoms with Crippen LogP contribution in [-0.4, -0.2) is 43.2 Å². The molecule has 0 radical (unpaired) electrons. The number of thiophene rings is 1. The highest BCUT2D eigenvalue weighted by Crippen LogP contribution is 2.34. The number of rotatable bonds is 5. The third-order valence-electron chi connectivity index (χ3n) is 5.17. The van der Waals surface area contributed by atoms with E-state index in [0.717, 1.165) is 18.7 Å². The van der Waals surface area contributed by atoms with Gasteiger partial charge in [0.2, 0.25) is 0 Å². The number of nitrogens with zero attached hydrogens (tertiary/aromatic N) is 1. The summed E-state index contributed by atoms with van der Waals surface area (Å²) in [5, 5.41) is 6.78. The van der Waals surface area contributed by atoms with E-state index in [1.54, 1.807) is 6.07 Å². The highest BCUT2D eigenvalue weighted by atomic mass is 32.1. The number of amides is 1. The molecule has 132 valence electrons. The lowest BCUT2D eigenvalue weighted by atomic mass is 9.93. The number of halogens is 1. The summed E-state index contributed by atoms with van der Waals surface area (Å²) in [7, 11) is 0. The van der Waals surface area contributed by atoms with Crippen LogP contribution in [0.3, 0.4) is 0 Å². The molecule has 2 aliphatic heterocycles. The third-order valence-corrected chi connectivity index (χ3v) is 5.86. The van der Waals surface area contributed by atoms with Gasteiger partial charge in [-0.3, -0.25) is 9.69 Å². The van der Waals surface area contributed by atoms with Crippen molar-refractivity contribution in [1.82, 2.24) is 10.2 Å². The Hall–Kier alpha value is -1.76. The van der Waals surface area contributed by atoms with Crippen LogP contribution in [0.25, 0.3) is 0 Å². The summed E-state index contributed by atoms with van der Waals surface area (Å²) >= 11 is 1.52. The van der Waals surface area contributed by atoms with E-state index in [0.29, 0.717) is 37.1 Å². The normalized spacial score (nSPS) is 25.9. The zero-order valence-electron chi connectivity index (χ0n) is 13.9. The van der Waals surface area contributed by atoms with Crippen molar-refractivity contribution >= 4 is 17.2 Å². The van der Waals surface area contributed by atoms with Crippen LogP contribution in [0.2, 0.25) is 0 Å². The molecule has 1 aromatic heterocycles. The van der Waals surface area contributed by atoms with Gasteiger partial charge in [-0.25, -0.2) is 4.39 Å². The molecule has 25 heavy (non-hydrogen) atoms. The molecule has 2 aromatic rings. The van der Waals surface area contributed by atoms with E-state index < -0.39 is 0 Å². The molecule has 3 heterocycles. The first-order valence-electron chi connectivity index (χ1n) is 8.58. The maximum Gasteiger partial charge on any atom is 0.252 e. The molecule has 4 rings (SSSR count). The van der Waals surface area contributed by atoms with Gasteiger partial charge in [0.25, 0.3) is 5.91 Å². The largest absolute Gasteiger partial charge is 0.376 e. The minimum Gasteiger partial charge on any atom is -0.376 e. The molecule has 0 aliphatic carbocycles. The Labute approximate surface area is 150 Å². The molecule has 1 aromatic carbocycles. The van der Waals surface area contributed by atoms with E-state index >= 15 is 0 Å². The van der Waals surface area contributed by atoms with Crippen molar-refractivity contribution in [1.29, 1.82) is 0 Å². The van der Waals surface area contributed by atoms with Gasteiger partial charge in [-0.2, -0.15) is 11.3 Å². The maximum atomic E-state index is 13.8. The van der Waals surface area contributed by atoms with Crippen LogP contribution >= 0.6 is 11.3 Å². The average molecular weight is 360 g/mol. The predicted octanol–water partition coefficient (Wildman–Crippen LogP) is 2.76. The van der Waals surface area contributed by atoms with Crippen LogP contribution in [0.15, 0.2) is 41.1 Å². The molecule has 0 unspecified atom stereocenters.